The van der Waals surface area contributed by atoms with E-state index in [4.69, 9.17) is 9.84 Å². The van der Waals surface area contributed by atoms with Crippen LogP contribution in [-0.4, -0.2) is 17.7 Å². The Kier molecular flexibility index (Phi) is 6.54. The van der Waals surface area contributed by atoms with Crippen molar-refractivity contribution in [3.63, 3.8) is 0 Å². The van der Waals surface area contributed by atoms with Crippen LogP contribution in [-0.2, 0) is 38.5 Å². The molecule has 1 aromatic rings. The predicted octanol–water partition coefficient (Wildman–Crippen LogP) is 1.29. The normalized spacial score (nSPS) is 8.92. The fourth-order valence-electron chi connectivity index (χ4n) is 0.830. The van der Waals surface area contributed by atoms with Gasteiger partial charge in [-0.1, -0.05) is 30.3 Å². The maximum absolute atomic E-state index is 10.1. The summed E-state index contributed by atoms with van der Waals surface area (Å²) in [5, 5.41) is 8.27. The largest absolute Gasteiger partial charge is 0.480 e. The number of carboxylic acid groups (broad SMARTS) is 1. The van der Waals surface area contributed by atoms with Gasteiger partial charge in [0.15, 0.2) is 0 Å². The van der Waals surface area contributed by atoms with Crippen molar-refractivity contribution in [2.24, 2.45) is 0 Å². The van der Waals surface area contributed by atoms with Gasteiger partial charge in [-0.2, -0.15) is 0 Å². The zero-order valence-electron chi connectivity index (χ0n) is 6.87. The van der Waals surface area contributed by atoms with Crippen LogP contribution in [0.25, 0.3) is 0 Å². The smallest absolute Gasteiger partial charge is 0.329 e. The van der Waals surface area contributed by atoms with Crippen LogP contribution in [0.1, 0.15) is 5.56 Å². The molecule has 0 saturated heterocycles. The van der Waals surface area contributed by atoms with Gasteiger partial charge >= 0.3 is 5.97 Å². The van der Waals surface area contributed by atoms with E-state index in [1.807, 2.05) is 30.3 Å². The zero-order chi connectivity index (χ0) is 8.81. The molecule has 13 heavy (non-hydrogen) atoms. The van der Waals surface area contributed by atoms with Crippen LogP contribution in [0.2, 0.25) is 0 Å². The van der Waals surface area contributed by atoms with Gasteiger partial charge in [0.1, 0.15) is 6.61 Å². The Bertz CT molecular complexity index is 248. The predicted molar refractivity (Wildman–Crippen MR) is 43.7 cm³/mol. The van der Waals surface area contributed by atoms with E-state index in [2.05, 4.69) is 0 Å². The SMILES string of the molecule is O=C(O)COCc1ccccc1.[Ag]. The molecule has 0 heterocycles. The average Bonchev–Trinajstić information content (AvgIpc) is 2.05. The maximum Gasteiger partial charge on any atom is 0.329 e. The third kappa shape index (κ3) is 5.60. The molecule has 0 bridgehead atoms. The maximum atomic E-state index is 10.1. The van der Waals surface area contributed by atoms with E-state index in [9.17, 15) is 4.79 Å². The summed E-state index contributed by atoms with van der Waals surface area (Å²) in [6.07, 6.45) is 0. The zero-order valence-corrected chi connectivity index (χ0v) is 8.35. The van der Waals surface area contributed by atoms with Crippen LogP contribution in [0.4, 0.5) is 0 Å². The van der Waals surface area contributed by atoms with E-state index < -0.39 is 5.97 Å². The molecule has 1 radical (unpaired) electrons. The molecule has 0 aliphatic rings. The second kappa shape index (κ2) is 6.86. The van der Waals surface area contributed by atoms with Gasteiger partial charge in [-0.15, -0.1) is 0 Å². The number of aliphatic carboxylic acids is 1. The van der Waals surface area contributed by atoms with Crippen LogP contribution in [0.15, 0.2) is 30.3 Å². The summed E-state index contributed by atoms with van der Waals surface area (Å²) in [5.74, 6) is -0.939. The number of carbonyl (C=O) groups is 1. The van der Waals surface area contributed by atoms with Crippen molar-refractivity contribution in [3.8, 4) is 0 Å². The van der Waals surface area contributed by atoms with Crippen molar-refractivity contribution in [2.75, 3.05) is 6.61 Å². The van der Waals surface area contributed by atoms with Gasteiger partial charge in [0.05, 0.1) is 6.61 Å². The quantitative estimate of drug-likeness (QED) is 0.841. The molecule has 1 aromatic carbocycles. The molecule has 4 heteroatoms. The number of rotatable bonds is 4. The number of ether oxygens (including phenoxy) is 1. The Balaban J connectivity index is 0.00000144. The van der Waals surface area contributed by atoms with Crippen molar-refractivity contribution in [2.45, 2.75) is 6.61 Å². The minimum absolute atomic E-state index is 0. The monoisotopic (exact) mass is 273 g/mol. The van der Waals surface area contributed by atoms with Crippen LogP contribution in [0.3, 0.4) is 0 Å². The summed E-state index contributed by atoms with van der Waals surface area (Å²) in [7, 11) is 0. The molecule has 0 atom stereocenters. The van der Waals surface area contributed by atoms with Crippen molar-refractivity contribution < 1.29 is 37.0 Å². The van der Waals surface area contributed by atoms with Gasteiger partial charge in [-0.3, -0.25) is 0 Å². The van der Waals surface area contributed by atoms with Gasteiger partial charge in [0.25, 0.3) is 0 Å². The first kappa shape index (κ1) is 12.4. The first-order valence-corrected chi connectivity index (χ1v) is 3.62. The van der Waals surface area contributed by atoms with Crippen molar-refractivity contribution in [1.29, 1.82) is 0 Å². The summed E-state index contributed by atoms with van der Waals surface area (Å²) in [5.41, 5.74) is 0.985. The number of benzene rings is 1. The Morgan fingerprint density at radius 1 is 1.31 bits per heavy atom. The molecule has 0 fully saturated rings. The molecule has 3 nitrogen and oxygen atoms in total. The first-order chi connectivity index (χ1) is 5.79. The van der Waals surface area contributed by atoms with Crippen molar-refractivity contribution in [3.05, 3.63) is 35.9 Å². The van der Waals surface area contributed by atoms with E-state index in [0.717, 1.165) is 5.56 Å². The van der Waals surface area contributed by atoms with Crippen LogP contribution < -0.4 is 0 Å². The average molecular weight is 274 g/mol. The Labute approximate surface area is 92.2 Å². The van der Waals surface area contributed by atoms with Crippen LogP contribution in [0, 0.1) is 0 Å². The molecule has 1 N–H and O–H groups in total. The Hall–Kier alpha value is -0.610. The minimum Gasteiger partial charge on any atom is -0.480 e. The Morgan fingerprint density at radius 3 is 2.46 bits per heavy atom. The summed E-state index contributed by atoms with van der Waals surface area (Å²) >= 11 is 0. The minimum atomic E-state index is -0.939. The van der Waals surface area contributed by atoms with Gasteiger partial charge in [-0.05, 0) is 5.56 Å². The molecule has 0 unspecified atom stereocenters. The van der Waals surface area contributed by atoms with Gasteiger partial charge in [-0.25, -0.2) is 4.79 Å². The molecule has 0 aromatic heterocycles. The first-order valence-electron chi connectivity index (χ1n) is 3.62. The van der Waals surface area contributed by atoms with E-state index >= 15 is 0 Å². The number of carboxylic acids is 1. The molecule has 0 amide bonds. The summed E-state index contributed by atoms with van der Waals surface area (Å²) in [6.45, 7) is 0.113. The van der Waals surface area contributed by atoms with E-state index in [1.54, 1.807) is 0 Å². The summed E-state index contributed by atoms with van der Waals surface area (Å²) in [6, 6.07) is 9.46. The third-order valence-corrected chi connectivity index (χ3v) is 1.34. The molecule has 1 rings (SSSR count). The Morgan fingerprint density at radius 2 is 1.92 bits per heavy atom. The summed E-state index contributed by atoms with van der Waals surface area (Å²) in [4.78, 5) is 10.1. The molecular formula is C9H10AgO3. The second-order valence-electron chi connectivity index (χ2n) is 2.37. The molecule has 75 valence electrons. The van der Waals surface area contributed by atoms with E-state index in [0.29, 0.717) is 6.61 Å². The third-order valence-electron chi connectivity index (χ3n) is 1.34. The van der Waals surface area contributed by atoms with Crippen LogP contribution >= 0.6 is 0 Å². The van der Waals surface area contributed by atoms with Crippen LogP contribution in [0.5, 0.6) is 0 Å². The molecule has 0 saturated carbocycles. The topological polar surface area (TPSA) is 46.5 Å². The second-order valence-corrected chi connectivity index (χ2v) is 2.37. The van der Waals surface area contributed by atoms with Gasteiger partial charge in [0.2, 0.25) is 0 Å². The van der Waals surface area contributed by atoms with E-state index in [1.165, 1.54) is 0 Å². The van der Waals surface area contributed by atoms with Gasteiger partial charge in [0, 0.05) is 22.4 Å². The standard InChI is InChI=1S/C9H10O3.Ag/c10-9(11)7-12-6-8-4-2-1-3-5-8;/h1-5H,6-7H2,(H,10,11);. The molecule has 0 aliphatic heterocycles. The van der Waals surface area contributed by atoms with Crippen molar-refractivity contribution >= 4 is 5.97 Å². The number of hydrogen-bond acceptors (Lipinski definition) is 2. The van der Waals surface area contributed by atoms with E-state index in [-0.39, 0.29) is 29.0 Å². The number of hydrogen-bond donors (Lipinski definition) is 1. The fraction of sp³-hybridized carbons (Fsp3) is 0.222. The molecular weight excluding hydrogens is 264 g/mol. The summed E-state index contributed by atoms with van der Waals surface area (Å²) < 4.78 is 4.88. The van der Waals surface area contributed by atoms with Gasteiger partial charge < -0.3 is 9.84 Å². The molecule has 0 spiro atoms. The van der Waals surface area contributed by atoms with Crippen molar-refractivity contribution in [1.82, 2.24) is 0 Å². The molecule has 0 aliphatic carbocycles. The fourth-order valence-corrected chi connectivity index (χ4v) is 0.830.